The van der Waals surface area contributed by atoms with E-state index in [1.165, 1.54) is 16.0 Å². The molecule has 1 amide bonds. The molecule has 0 atom stereocenters. The summed E-state index contributed by atoms with van der Waals surface area (Å²) in [4.78, 5) is 29.2. The van der Waals surface area contributed by atoms with E-state index in [9.17, 15) is 9.59 Å². The van der Waals surface area contributed by atoms with Crippen LogP contribution in [-0.2, 0) is 11.3 Å². The van der Waals surface area contributed by atoms with Crippen molar-refractivity contribution in [2.45, 2.75) is 13.5 Å². The minimum atomic E-state index is -0.330. The van der Waals surface area contributed by atoms with Crippen LogP contribution in [-0.4, -0.2) is 20.7 Å². The number of thiazole rings is 1. The quantitative estimate of drug-likeness (QED) is 0.616. The van der Waals surface area contributed by atoms with Gasteiger partial charge < -0.3 is 5.32 Å². The molecule has 4 rings (SSSR count). The van der Waals surface area contributed by atoms with Crippen molar-refractivity contribution in [2.24, 2.45) is 0 Å². The predicted octanol–water partition coefficient (Wildman–Crippen LogP) is 2.95. The summed E-state index contributed by atoms with van der Waals surface area (Å²) in [6.07, 6.45) is 0. The molecule has 0 aliphatic heterocycles. The van der Waals surface area contributed by atoms with E-state index in [0.29, 0.717) is 16.2 Å². The molecule has 0 radical (unpaired) electrons. The normalized spacial score (nSPS) is 11.1. The summed E-state index contributed by atoms with van der Waals surface area (Å²) < 4.78 is 2.19. The molecule has 124 valence electrons. The Kier molecular flexibility index (Phi) is 3.77. The van der Waals surface area contributed by atoms with Gasteiger partial charge in [-0.25, -0.2) is 9.67 Å². The van der Waals surface area contributed by atoms with Gasteiger partial charge in [0.1, 0.15) is 6.54 Å². The highest BCUT2D eigenvalue weighted by Crippen LogP contribution is 2.25. The minimum Gasteiger partial charge on any atom is -0.300 e. The lowest BCUT2D eigenvalue weighted by atomic mass is 10.1. The number of aryl methyl sites for hydroxylation is 1. The van der Waals surface area contributed by atoms with E-state index in [1.54, 1.807) is 12.1 Å². The molecule has 0 saturated carbocycles. The lowest BCUT2D eigenvalue weighted by Gasteiger charge is -2.08. The van der Waals surface area contributed by atoms with Crippen molar-refractivity contribution in [1.82, 2.24) is 14.8 Å². The van der Waals surface area contributed by atoms with E-state index in [4.69, 9.17) is 0 Å². The number of para-hydroxylation sites is 1. The van der Waals surface area contributed by atoms with Crippen LogP contribution >= 0.6 is 11.3 Å². The number of carbonyl (C=O) groups is 1. The van der Waals surface area contributed by atoms with Gasteiger partial charge in [-0.1, -0.05) is 41.7 Å². The Labute approximate surface area is 146 Å². The van der Waals surface area contributed by atoms with Crippen LogP contribution < -0.4 is 10.9 Å². The number of hydrogen-bond donors (Lipinski definition) is 1. The summed E-state index contributed by atoms with van der Waals surface area (Å²) in [7, 11) is 0. The van der Waals surface area contributed by atoms with Gasteiger partial charge in [0.05, 0.1) is 21.3 Å². The lowest BCUT2D eigenvalue weighted by molar-refractivity contribution is -0.117. The van der Waals surface area contributed by atoms with Gasteiger partial charge in [0.2, 0.25) is 5.91 Å². The topological polar surface area (TPSA) is 76.9 Å². The van der Waals surface area contributed by atoms with Crippen LogP contribution in [0.15, 0.2) is 53.3 Å². The number of nitrogens with one attached hydrogen (secondary N) is 1. The fourth-order valence-corrected chi connectivity index (χ4v) is 3.61. The summed E-state index contributed by atoms with van der Waals surface area (Å²) >= 11 is 1.40. The van der Waals surface area contributed by atoms with Crippen LogP contribution in [0.5, 0.6) is 0 Å². The van der Waals surface area contributed by atoms with E-state index in [1.807, 2.05) is 43.3 Å². The van der Waals surface area contributed by atoms with Gasteiger partial charge in [0.25, 0.3) is 5.56 Å². The average molecular weight is 350 g/mol. The molecule has 0 saturated heterocycles. The number of fused-ring (bicyclic) bond motifs is 2. The maximum absolute atomic E-state index is 12.5. The molecule has 7 heteroatoms. The summed E-state index contributed by atoms with van der Waals surface area (Å²) in [5.41, 5.74) is 1.27. The van der Waals surface area contributed by atoms with Crippen LogP contribution in [0.1, 0.15) is 5.69 Å². The first-order chi connectivity index (χ1) is 12.1. The maximum Gasteiger partial charge on any atom is 0.275 e. The molecular weight excluding hydrogens is 336 g/mol. The zero-order valence-electron chi connectivity index (χ0n) is 13.4. The smallest absolute Gasteiger partial charge is 0.275 e. The first-order valence-corrected chi connectivity index (χ1v) is 8.55. The van der Waals surface area contributed by atoms with E-state index in [-0.39, 0.29) is 18.0 Å². The van der Waals surface area contributed by atoms with Crippen molar-refractivity contribution in [1.29, 1.82) is 0 Å². The number of benzene rings is 2. The monoisotopic (exact) mass is 350 g/mol. The standard InChI is InChI=1S/C18H14N4O2S/c1-11-12-6-2-3-7-13(12)17(24)22(21-11)10-16(23)20-18-19-14-8-4-5-9-15(14)25-18/h2-9H,10H2,1H3,(H,19,20,23). The fourth-order valence-electron chi connectivity index (χ4n) is 2.73. The third kappa shape index (κ3) is 2.89. The number of rotatable bonds is 3. The van der Waals surface area contributed by atoms with E-state index in [2.05, 4.69) is 15.4 Å². The van der Waals surface area contributed by atoms with Crippen LogP contribution in [0, 0.1) is 6.92 Å². The van der Waals surface area contributed by atoms with Crippen molar-refractivity contribution in [3.8, 4) is 0 Å². The second-order valence-corrected chi connectivity index (χ2v) is 6.66. The van der Waals surface area contributed by atoms with Gasteiger partial charge in [-0.15, -0.1) is 0 Å². The predicted molar refractivity (Wildman–Crippen MR) is 99.0 cm³/mol. The van der Waals surface area contributed by atoms with Crippen molar-refractivity contribution in [2.75, 3.05) is 5.32 Å². The van der Waals surface area contributed by atoms with Crippen molar-refractivity contribution < 1.29 is 4.79 Å². The zero-order chi connectivity index (χ0) is 17.4. The van der Waals surface area contributed by atoms with E-state index >= 15 is 0 Å². The largest absolute Gasteiger partial charge is 0.300 e. The van der Waals surface area contributed by atoms with Crippen LogP contribution in [0.2, 0.25) is 0 Å². The number of nitrogens with zero attached hydrogens (tertiary/aromatic N) is 3. The molecule has 25 heavy (non-hydrogen) atoms. The van der Waals surface area contributed by atoms with Gasteiger partial charge >= 0.3 is 0 Å². The second-order valence-electron chi connectivity index (χ2n) is 5.63. The number of anilines is 1. The number of aromatic nitrogens is 3. The molecule has 2 aromatic heterocycles. The summed E-state index contributed by atoms with van der Waals surface area (Å²) in [5.74, 6) is -0.330. The van der Waals surface area contributed by atoms with Crippen molar-refractivity contribution >= 4 is 43.4 Å². The Morgan fingerprint density at radius 2 is 1.84 bits per heavy atom. The van der Waals surface area contributed by atoms with Crippen molar-refractivity contribution in [3.05, 3.63) is 64.6 Å². The molecule has 1 N–H and O–H groups in total. The Balaban J connectivity index is 1.61. The highest BCUT2D eigenvalue weighted by Gasteiger charge is 2.12. The highest BCUT2D eigenvalue weighted by atomic mass is 32.1. The lowest BCUT2D eigenvalue weighted by Crippen LogP contribution is -2.30. The van der Waals surface area contributed by atoms with Gasteiger partial charge in [-0.2, -0.15) is 5.10 Å². The third-order valence-corrected chi connectivity index (χ3v) is 4.84. The molecule has 0 fully saturated rings. The second kappa shape index (κ2) is 6.10. The Morgan fingerprint density at radius 3 is 2.64 bits per heavy atom. The van der Waals surface area contributed by atoms with E-state index in [0.717, 1.165) is 15.6 Å². The first kappa shape index (κ1) is 15.5. The molecule has 0 unspecified atom stereocenters. The molecule has 4 aromatic rings. The third-order valence-electron chi connectivity index (χ3n) is 3.89. The molecule has 0 aliphatic rings. The molecule has 2 aromatic carbocycles. The fraction of sp³-hybridized carbons (Fsp3) is 0.111. The van der Waals surface area contributed by atoms with Crippen molar-refractivity contribution in [3.63, 3.8) is 0 Å². The summed E-state index contributed by atoms with van der Waals surface area (Å²) in [6, 6.07) is 14.9. The molecule has 0 spiro atoms. The molecule has 0 bridgehead atoms. The summed E-state index contributed by atoms with van der Waals surface area (Å²) in [6.45, 7) is 1.67. The Morgan fingerprint density at radius 1 is 1.12 bits per heavy atom. The van der Waals surface area contributed by atoms with E-state index < -0.39 is 0 Å². The minimum absolute atomic E-state index is 0.152. The SMILES string of the molecule is Cc1nn(CC(=O)Nc2nc3ccccc3s2)c(=O)c2ccccc12. The number of amides is 1. The number of carbonyl (C=O) groups excluding carboxylic acids is 1. The first-order valence-electron chi connectivity index (χ1n) is 7.74. The molecule has 6 nitrogen and oxygen atoms in total. The van der Waals surface area contributed by atoms with Crippen LogP contribution in [0.4, 0.5) is 5.13 Å². The van der Waals surface area contributed by atoms with Gasteiger partial charge in [-0.05, 0) is 25.1 Å². The molecule has 2 heterocycles. The Bertz CT molecular complexity index is 1130. The zero-order valence-corrected chi connectivity index (χ0v) is 14.2. The van der Waals surface area contributed by atoms with Gasteiger partial charge in [0, 0.05) is 5.39 Å². The number of hydrogen-bond acceptors (Lipinski definition) is 5. The molecular formula is C18H14N4O2S. The summed E-state index contributed by atoms with van der Waals surface area (Å²) in [5, 5.41) is 8.87. The Hall–Kier alpha value is -3.06. The average Bonchev–Trinajstić information content (AvgIpc) is 3.01. The van der Waals surface area contributed by atoms with Gasteiger partial charge in [-0.3, -0.25) is 9.59 Å². The molecule has 0 aliphatic carbocycles. The highest BCUT2D eigenvalue weighted by molar-refractivity contribution is 7.22. The van der Waals surface area contributed by atoms with Crippen LogP contribution in [0.3, 0.4) is 0 Å². The van der Waals surface area contributed by atoms with Crippen LogP contribution in [0.25, 0.3) is 21.0 Å². The maximum atomic E-state index is 12.5. The van der Waals surface area contributed by atoms with Gasteiger partial charge in [0.15, 0.2) is 5.13 Å².